The summed E-state index contributed by atoms with van der Waals surface area (Å²) in [6, 6.07) is 7.06. The standard InChI is InChI=1S/C14H18BN3O3/c16-12-9-10(4-5-11(12)15(19)20)13-6-7-17-18(13)14-3-1-2-8-21-14/h4-7,9,14,19-20H,1-3,8,16H2. The van der Waals surface area contributed by atoms with Crippen molar-refractivity contribution in [3.63, 3.8) is 0 Å². The molecule has 7 heteroatoms. The summed E-state index contributed by atoms with van der Waals surface area (Å²) in [6.45, 7) is 0.752. The molecule has 4 N–H and O–H groups in total. The number of hydrogen-bond donors (Lipinski definition) is 3. The van der Waals surface area contributed by atoms with E-state index in [-0.39, 0.29) is 6.23 Å². The predicted molar refractivity (Wildman–Crippen MR) is 80.7 cm³/mol. The van der Waals surface area contributed by atoms with Crippen molar-refractivity contribution in [1.29, 1.82) is 0 Å². The van der Waals surface area contributed by atoms with Crippen molar-refractivity contribution in [2.75, 3.05) is 12.3 Å². The van der Waals surface area contributed by atoms with Crippen LogP contribution in [0.5, 0.6) is 0 Å². The van der Waals surface area contributed by atoms with E-state index in [1.807, 2.05) is 16.8 Å². The van der Waals surface area contributed by atoms with Crippen molar-refractivity contribution in [2.24, 2.45) is 0 Å². The first-order chi connectivity index (χ1) is 10.2. The smallest absolute Gasteiger partial charge is 0.423 e. The van der Waals surface area contributed by atoms with Crippen LogP contribution >= 0.6 is 0 Å². The van der Waals surface area contributed by atoms with Crippen LogP contribution in [0.15, 0.2) is 30.5 Å². The van der Waals surface area contributed by atoms with Gasteiger partial charge < -0.3 is 20.5 Å². The van der Waals surface area contributed by atoms with Crippen LogP contribution in [-0.4, -0.2) is 33.6 Å². The molecule has 0 saturated carbocycles. The molecule has 1 aromatic heterocycles. The third-order valence-electron chi connectivity index (χ3n) is 3.76. The quantitative estimate of drug-likeness (QED) is 0.565. The van der Waals surface area contributed by atoms with Crippen molar-refractivity contribution in [3.05, 3.63) is 30.5 Å². The Hall–Kier alpha value is -1.83. The Morgan fingerprint density at radius 2 is 2.14 bits per heavy atom. The van der Waals surface area contributed by atoms with Crippen molar-refractivity contribution < 1.29 is 14.8 Å². The molecule has 0 aliphatic carbocycles. The molecular formula is C14H18BN3O3. The monoisotopic (exact) mass is 287 g/mol. The summed E-state index contributed by atoms with van der Waals surface area (Å²) in [5.74, 6) is 0. The zero-order valence-electron chi connectivity index (χ0n) is 11.6. The highest BCUT2D eigenvalue weighted by Crippen LogP contribution is 2.28. The van der Waals surface area contributed by atoms with Gasteiger partial charge in [0.15, 0.2) is 6.23 Å². The van der Waals surface area contributed by atoms with Crippen LogP contribution in [0.1, 0.15) is 25.5 Å². The number of anilines is 1. The number of benzene rings is 1. The maximum Gasteiger partial charge on any atom is 0.490 e. The molecule has 1 aromatic carbocycles. The molecule has 1 atom stereocenters. The number of rotatable bonds is 3. The molecule has 0 amide bonds. The normalized spacial score (nSPS) is 18.7. The van der Waals surface area contributed by atoms with Gasteiger partial charge in [-0.25, -0.2) is 4.68 Å². The lowest BCUT2D eigenvalue weighted by Gasteiger charge is -2.24. The predicted octanol–water partition coefficient (Wildman–Crippen LogP) is 0.511. The highest BCUT2D eigenvalue weighted by Gasteiger charge is 2.21. The molecule has 2 heterocycles. The van der Waals surface area contributed by atoms with Gasteiger partial charge in [0, 0.05) is 29.5 Å². The first kappa shape index (κ1) is 14.1. The van der Waals surface area contributed by atoms with E-state index in [1.54, 1.807) is 18.3 Å². The minimum Gasteiger partial charge on any atom is -0.423 e. The zero-order chi connectivity index (χ0) is 14.8. The lowest BCUT2D eigenvalue weighted by Crippen LogP contribution is -2.32. The summed E-state index contributed by atoms with van der Waals surface area (Å²) in [7, 11) is -1.56. The third-order valence-corrected chi connectivity index (χ3v) is 3.76. The third kappa shape index (κ3) is 2.80. The SMILES string of the molecule is Nc1cc(-c2ccnn2C2CCCCO2)ccc1B(O)O. The van der Waals surface area contributed by atoms with E-state index in [0.717, 1.165) is 37.1 Å². The van der Waals surface area contributed by atoms with Gasteiger partial charge in [0.05, 0.1) is 5.69 Å². The Bertz CT molecular complexity index is 624. The Kier molecular flexibility index (Phi) is 3.96. The lowest BCUT2D eigenvalue weighted by molar-refractivity contribution is -0.0383. The second-order valence-electron chi connectivity index (χ2n) is 5.20. The molecule has 6 nitrogen and oxygen atoms in total. The van der Waals surface area contributed by atoms with E-state index >= 15 is 0 Å². The van der Waals surface area contributed by atoms with Gasteiger partial charge >= 0.3 is 7.12 Å². The van der Waals surface area contributed by atoms with E-state index in [4.69, 9.17) is 10.5 Å². The largest absolute Gasteiger partial charge is 0.490 e. The van der Waals surface area contributed by atoms with E-state index in [9.17, 15) is 10.0 Å². The number of hydrogen-bond acceptors (Lipinski definition) is 5. The highest BCUT2D eigenvalue weighted by molar-refractivity contribution is 6.60. The van der Waals surface area contributed by atoms with Crippen LogP contribution in [0, 0.1) is 0 Å². The summed E-state index contributed by atoms with van der Waals surface area (Å²) in [6.07, 6.45) is 4.84. The fraction of sp³-hybridized carbons (Fsp3) is 0.357. The first-order valence-corrected chi connectivity index (χ1v) is 7.08. The van der Waals surface area contributed by atoms with E-state index in [2.05, 4.69) is 5.10 Å². The second-order valence-corrected chi connectivity index (χ2v) is 5.20. The summed E-state index contributed by atoms with van der Waals surface area (Å²) < 4.78 is 7.63. The van der Waals surface area contributed by atoms with Gasteiger partial charge in [0.2, 0.25) is 0 Å². The number of nitrogens with two attached hydrogens (primary N) is 1. The topological polar surface area (TPSA) is 93.5 Å². The Morgan fingerprint density at radius 3 is 2.81 bits per heavy atom. The van der Waals surface area contributed by atoms with Crippen LogP contribution < -0.4 is 11.2 Å². The van der Waals surface area contributed by atoms with E-state index < -0.39 is 7.12 Å². The summed E-state index contributed by atoms with van der Waals surface area (Å²) in [5.41, 5.74) is 8.32. The Labute approximate surface area is 123 Å². The molecule has 1 unspecified atom stereocenters. The summed E-state index contributed by atoms with van der Waals surface area (Å²) in [4.78, 5) is 0. The number of ether oxygens (including phenoxy) is 1. The van der Waals surface area contributed by atoms with Crippen LogP contribution in [0.2, 0.25) is 0 Å². The van der Waals surface area contributed by atoms with Crippen LogP contribution in [0.25, 0.3) is 11.3 Å². The average molecular weight is 287 g/mol. The number of nitrogen functional groups attached to an aromatic ring is 1. The fourth-order valence-electron chi connectivity index (χ4n) is 2.66. The van der Waals surface area contributed by atoms with Crippen molar-refractivity contribution >= 4 is 18.3 Å². The van der Waals surface area contributed by atoms with E-state index in [0.29, 0.717) is 11.2 Å². The maximum atomic E-state index is 9.22. The molecule has 3 rings (SSSR count). The van der Waals surface area contributed by atoms with Gasteiger partial charge in [-0.15, -0.1) is 0 Å². The Balaban J connectivity index is 1.94. The minimum absolute atomic E-state index is 0.0481. The van der Waals surface area contributed by atoms with Gasteiger partial charge in [-0.2, -0.15) is 5.10 Å². The minimum atomic E-state index is -1.56. The lowest BCUT2D eigenvalue weighted by atomic mass is 9.78. The van der Waals surface area contributed by atoms with Crippen LogP contribution in [-0.2, 0) is 4.74 Å². The van der Waals surface area contributed by atoms with Gasteiger partial charge in [0.1, 0.15) is 0 Å². The zero-order valence-corrected chi connectivity index (χ0v) is 11.6. The molecule has 0 bridgehead atoms. The van der Waals surface area contributed by atoms with Crippen LogP contribution in [0.3, 0.4) is 0 Å². The van der Waals surface area contributed by atoms with E-state index in [1.165, 1.54) is 0 Å². The molecule has 1 fully saturated rings. The fourth-order valence-corrected chi connectivity index (χ4v) is 2.66. The molecule has 110 valence electrons. The molecule has 2 aromatic rings. The summed E-state index contributed by atoms with van der Waals surface area (Å²) in [5, 5.41) is 22.8. The maximum absolute atomic E-state index is 9.22. The van der Waals surface area contributed by atoms with Crippen molar-refractivity contribution in [2.45, 2.75) is 25.5 Å². The van der Waals surface area contributed by atoms with Gasteiger partial charge in [-0.3, -0.25) is 0 Å². The van der Waals surface area contributed by atoms with Gasteiger partial charge in [0.25, 0.3) is 0 Å². The number of aromatic nitrogens is 2. The molecule has 1 aliphatic heterocycles. The van der Waals surface area contributed by atoms with Crippen molar-refractivity contribution in [1.82, 2.24) is 9.78 Å². The number of nitrogens with zero attached hydrogens (tertiary/aromatic N) is 2. The molecule has 1 aliphatic rings. The van der Waals surface area contributed by atoms with Crippen molar-refractivity contribution in [3.8, 4) is 11.3 Å². The van der Waals surface area contributed by atoms with Gasteiger partial charge in [-0.05, 0) is 31.4 Å². The molecule has 0 radical (unpaired) electrons. The second kappa shape index (κ2) is 5.89. The van der Waals surface area contributed by atoms with Crippen LogP contribution in [0.4, 0.5) is 5.69 Å². The summed E-state index contributed by atoms with van der Waals surface area (Å²) >= 11 is 0. The Morgan fingerprint density at radius 1 is 1.29 bits per heavy atom. The molecular weight excluding hydrogens is 269 g/mol. The average Bonchev–Trinajstić information content (AvgIpc) is 2.97. The molecule has 1 saturated heterocycles. The first-order valence-electron chi connectivity index (χ1n) is 7.08. The molecule has 21 heavy (non-hydrogen) atoms. The van der Waals surface area contributed by atoms with Gasteiger partial charge in [-0.1, -0.05) is 12.1 Å². The molecule has 0 spiro atoms. The highest BCUT2D eigenvalue weighted by atomic mass is 16.5.